The van der Waals surface area contributed by atoms with Crippen LogP contribution in [0.5, 0.6) is 23.0 Å². The number of hydrogen-bond donors (Lipinski definition) is 8. The molecular weight excluding hydrogens is 889 g/mol. The van der Waals surface area contributed by atoms with Gasteiger partial charge in [0, 0.05) is 87.3 Å². The standard InChI is InChI=1S/C48H66N4O16/c1-22-12-11-13-23(2)46(62)50-35-29(20-49-52-17-15-51(9)16-18-52)38(57)32-33(40(35)59)37(56)26(5)44-34(32)45(61)48(8,68-44)64-19-14-30(63-10)24(3)42(65-28(7)54)27(6)43(25(4)36(22)55)67-47-41(60)39(58)31(21-53)66-47/h11-14,19-20,22,24-25,27,30-31,36,39,41-43,47,53,55-60H,15-18,21H2,1-10H3,(H,50,62)/b12-11+,19-14+,23-13-,49-20?/t22-,24-,25+,27+,30+,31-,36+,39-,41-,42-,43+,47-,48+/m1/s1. The molecule has 374 valence electrons. The van der Waals surface area contributed by atoms with Gasteiger partial charge < -0.3 is 74.4 Å². The van der Waals surface area contributed by atoms with Crippen LogP contribution in [-0.4, -0.2) is 171 Å². The van der Waals surface area contributed by atoms with Gasteiger partial charge in [-0.2, -0.15) is 5.10 Å². The van der Waals surface area contributed by atoms with E-state index in [0.29, 0.717) is 26.2 Å². The second-order valence-corrected chi connectivity index (χ2v) is 18.4. The van der Waals surface area contributed by atoms with E-state index in [2.05, 4.69) is 15.3 Å². The van der Waals surface area contributed by atoms with E-state index >= 15 is 0 Å². The predicted octanol–water partition coefficient (Wildman–Crippen LogP) is 2.80. The van der Waals surface area contributed by atoms with Crippen LogP contribution in [-0.2, 0) is 33.3 Å². The molecule has 20 nitrogen and oxygen atoms in total. The molecule has 2 fully saturated rings. The maximum absolute atomic E-state index is 14.6. The molecule has 5 aliphatic rings. The van der Waals surface area contributed by atoms with Crippen LogP contribution in [0.4, 0.5) is 5.69 Å². The number of anilines is 1. The molecule has 5 bridgehead atoms. The number of aromatic hydroxyl groups is 3. The normalized spacial score (nSPS) is 35.0. The first-order valence-electron chi connectivity index (χ1n) is 22.7. The third kappa shape index (κ3) is 10.2. The van der Waals surface area contributed by atoms with Crippen LogP contribution in [0.25, 0.3) is 10.8 Å². The van der Waals surface area contributed by atoms with Crippen LogP contribution in [0.1, 0.15) is 70.0 Å². The summed E-state index contributed by atoms with van der Waals surface area (Å²) >= 11 is 0. The second kappa shape index (κ2) is 21.1. The number of methoxy groups -OCH3 is 1. The molecule has 2 aromatic carbocycles. The number of nitrogens with zero attached hydrogens (tertiary/aromatic N) is 3. The van der Waals surface area contributed by atoms with Gasteiger partial charge in [-0.1, -0.05) is 45.9 Å². The number of aliphatic hydroxyl groups is 4. The lowest BCUT2D eigenvalue weighted by molar-refractivity contribution is -0.231. The molecule has 0 aromatic heterocycles. The number of Topliss-reactive ketones (excluding diaryl/α,β-unsaturated/α-hetero) is 1. The van der Waals surface area contributed by atoms with Crippen LogP contribution < -0.4 is 10.1 Å². The zero-order chi connectivity index (χ0) is 50.1. The number of carbonyl (C=O) groups excluding carboxylic acids is 3. The van der Waals surface area contributed by atoms with Crippen LogP contribution in [0.3, 0.4) is 0 Å². The fraction of sp³-hybridized carbons (Fsp3) is 0.583. The van der Waals surface area contributed by atoms with Gasteiger partial charge in [0.05, 0.1) is 59.6 Å². The number of phenols is 3. The SMILES string of the molecule is CO[C@H]1/C=C/O[C@@]2(C)Oc3c(C)c(O)c4c(O)c(c(C=NN5CCN(C)CC5)c(O)c4c3C2=O)NC(=O)/C(C)=C\C=C\[C@@H](C)[C@H](O)[C@H](C)[C@H](O[C@H]2O[C@H](CO)[C@@H](O)[C@H]2O)[C@@H](C)[C@H](OC(C)=O)[C@@H]1C. The number of likely N-dealkylation sites (N-methyl/N-ethyl adjacent to an activating group) is 1. The molecule has 0 spiro atoms. The minimum atomic E-state index is -2.11. The van der Waals surface area contributed by atoms with Gasteiger partial charge in [0.2, 0.25) is 0 Å². The molecule has 0 saturated carbocycles. The molecular formula is C48H66N4O16. The largest absolute Gasteiger partial charge is 0.507 e. The van der Waals surface area contributed by atoms with Crippen molar-refractivity contribution < 1.29 is 78.6 Å². The van der Waals surface area contributed by atoms with Gasteiger partial charge >= 0.3 is 11.8 Å². The molecule has 2 aromatic rings. The number of allylic oxidation sites excluding steroid dienone is 2. The Bertz CT molecular complexity index is 2340. The minimum Gasteiger partial charge on any atom is -0.507 e. The van der Waals surface area contributed by atoms with Gasteiger partial charge in [0.25, 0.3) is 11.7 Å². The van der Waals surface area contributed by atoms with Gasteiger partial charge in [-0.15, -0.1) is 0 Å². The third-order valence-corrected chi connectivity index (χ3v) is 13.6. The maximum Gasteiger partial charge on any atom is 0.312 e. The third-order valence-electron chi connectivity index (χ3n) is 13.6. The highest BCUT2D eigenvalue weighted by Gasteiger charge is 2.51. The summed E-state index contributed by atoms with van der Waals surface area (Å²) in [6.07, 6.45) is -1.31. The number of amides is 1. The zero-order valence-electron chi connectivity index (χ0n) is 40.1. The molecule has 20 heteroatoms. The van der Waals surface area contributed by atoms with Crippen molar-refractivity contribution in [1.29, 1.82) is 0 Å². The molecule has 2 saturated heterocycles. The van der Waals surface area contributed by atoms with Crippen LogP contribution in [0, 0.1) is 30.6 Å². The molecule has 5 aliphatic heterocycles. The fourth-order valence-electron chi connectivity index (χ4n) is 9.29. The van der Waals surface area contributed by atoms with E-state index in [-0.39, 0.29) is 44.5 Å². The number of piperazine rings is 1. The van der Waals surface area contributed by atoms with Gasteiger partial charge in [-0.05, 0) is 27.0 Å². The predicted molar refractivity (Wildman–Crippen MR) is 247 cm³/mol. The molecule has 68 heavy (non-hydrogen) atoms. The smallest absolute Gasteiger partial charge is 0.312 e. The topological polar surface area (TPSA) is 279 Å². The Morgan fingerprint density at radius 1 is 0.926 bits per heavy atom. The maximum atomic E-state index is 14.6. The number of fused-ring (bicyclic) bond motifs is 14. The number of aliphatic hydroxyl groups excluding tert-OH is 4. The number of nitrogens with one attached hydrogen (secondary N) is 1. The molecule has 0 aliphatic carbocycles. The average molecular weight is 955 g/mol. The monoisotopic (exact) mass is 954 g/mol. The number of ether oxygens (including phenoxy) is 6. The van der Waals surface area contributed by atoms with Gasteiger partial charge in [-0.3, -0.25) is 19.4 Å². The van der Waals surface area contributed by atoms with E-state index in [1.807, 2.05) is 7.05 Å². The van der Waals surface area contributed by atoms with Crippen molar-refractivity contribution in [3.05, 3.63) is 52.8 Å². The second-order valence-electron chi connectivity index (χ2n) is 18.4. The highest BCUT2D eigenvalue weighted by molar-refractivity contribution is 6.23. The number of hydrazone groups is 1. The Hall–Kier alpha value is -5.32. The van der Waals surface area contributed by atoms with Crippen molar-refractivity contribution in [1.82, 2.24) is 9.91 Å². The van der Waals surface area contributed by atoms with E-state index in [9.17, 15) is 50.1 Å². The van der Waals surface area contributed by atoms with Crippen molar-refractivity contribution in [2.24, 2.45) is 28.8 Å². The Labute approximate surface area is 395 Å². The summed E-state index contributed by atoms with van der Waals surface area (Å²) < 4.78 is 36.1. The number of ketones is 1. The van der Waals surface area contributed by atoms with E-state index in [4.69, 9.17) is 28.4 Å². The summed E-state index contributed by atoms with van der Waals surface area (Å²) in [5, 5.41) is 87.4. The number of carbonyl (C=O) groups is 3. The Morgan fingerprint density at radius 2 is 1.60 bits per heavy atom. The van der Waals surface area contributed by atoms with Crippen LogP contribution in [0.2, 0.25) is 0 Å². The lowest BCUT2D eigenvalue weighted by Crippen LogP contribution is -2.50. The summed E-state index contributed by atoms with van der Waals surface area (Å²) in [7, 11) is 3.38. The highest BCUT2D eigenvalue weighted by atomic mass is 16.7. The first-order chi connectivity index (χ1) is 32.1. The molecule has 13 atom stereocenters. The summed E-state index contributed by atoms with van der Waals surface area (Å²) in [5.74, 6) is -9.16. The summed E-state index contributed by atoms with van der Waals surface area (Å²) in [6.45, 7) is 14.2. The zero-order valence-corrected chi connectivity index (χ0v) is 40.1. The first-order valence-corrected chi connectivity index (χ1v) is 22.7. The number of rotatable bonds is 7. The number of hydrogen-bond acceptors (Lipinski definition) is 19. The molecule has 0 radical (unpaired) electrons. The Kier molecular flexibility index (Phi) is 16.2. The van der Waals surface area contributed by atoms with Crippen molar-refractivity contribution in [3.63, 3.8) is 0 Å². The minimum absolute atomic E-state index is 0.0237. The summed E-state index contributed by atoms with van der Waals surface area (Å²) in [6, 6.07) is 0. The molecule has 0 unspecified atom stereocenters. The number of benzene rings is 2. The number of esters is 1. The molecule has 7 rings (SSSR count). The van der Waals surface area contributed by atoms with E-state index in [0.717, 1.165) is 0 Å². The van der Waals surface area contributed by atoms with Crippen molar-refractivity contribution in [2.75, 3.05) is 52.3 Å². The first kappa shape index (κ1) is 52.1. The molecule has 1 amide bonds. The Balaban J connectivity index is 1.50. The van der Waals surface area contributed by atoms with Crippen LogP contribution in [0.15, 0.2) is 41.2 Å². The lowest BCUT2D eigenvalue weighted by atomic mass is 9.78. The summed E-state index contributed by atoms with van der Waals surface area (Å²) in [5.41, 5.74) is -0.537. The van der Waals surface area contributed by atoms with Crippen molar-refractivity contribution in [3.8, 4) is 23.0 Å². The van der Waals surface area contributed by atoms with Gasteiger partial charge in [0.15, 0.2) is 12.0 Å². The van der Waals surface area contributed by atoms with Gasteiger partial charge in [0.1, 0.15) is 41.7 Å². The highest BCUT2D eigenvalue weighted by Crippen LogP contribution is 2.55. The number of phenolic OH excluding ortho intramolecular Hbond substituents is 3. The van der Waals surface area contributed by atoms with E-state index in [1.165, 1.54) is 59.4 Å². The van der Waals surface area contributed by atoms with Gasteiger partial charge in [-0.25, -0.2) is 0 Å². The quantitative estimate of drug-likeness (QED) is 0.0858. The molecule has 5 heterocycles. The summed E-state index contributed by atoms with van der Waals surface area (Å²) in [4.78, 5) is 43.4. The fourth-order valence-corrected chi connectivity index (χ4v) is 9.29. The average Bonchev–Trinajstić information content (AvgIpc) is 3.73. The molecule has 8 N–H and O–H groups in total. The van der Waals surface area contributed by atoms with Crippen LogP contribution >= 0.6 is 0 Å². The van der Waals surface area contributed by atoms with E-state index < -0.39 is 120 Å². The Morgan fingerprint density at radius 3 is 2.22 bits per heavy atom. The van der Waals surface area contributed by atoms with Crippen molar-refractivity contribution >= 4 is 40.3 Å². The van der Waals surface area contributed by atoms with E-state index in [1.54, 1.807) is 44.9 Å². The lowest BCUT2D eigenvalue weighted by Gasteiger charge is -2.41. The van der Waals surface area contributed by atoms with Crippen molar-refractivity contribution in [2.45, 2.75) is 110 Å².